The van der Waals surface area contributed by atoms with Crippen LogP contribution in [0.5, 0.6) is 0 Å². The Morgan fingerprint density at radius 1 is 1.28 bits per heavy atom. The van der Waals surface area contributed by atoms with Gasteiger partial charge in [0.15, 0.2) is 5.13 Å². The van der Waals surface area contributed by atoms with Crippen molar-refractivity contribution in [3.63, 3.8) is 0 Å². The molecule has 18 heavy (non-hydrogen) atoms. The molecule has 2 heterocycles. The maximum Gasteiger partial charge on any atom is 0.182 e. The molecular formula is C13H19N3S2. The third-order valence-corrected chi connectivity index (χ3v) is 4.47. The van der Waals surface area contributed by atoms with Gasteiger partial charge in [-0.2, -0.15) is 0 Å². The van der Waals surface area contributed by atoms with Crippen LogP contribution in [-0.2, 0) is 13.1 Å². The van der Waals surface area contributed by atoms with Gasteiger partial charge in [-0.05, 0) is 24.9 Å². The Kier molecular flexibility index (Phi) is 5.16. The van der Waals surface area contributed by atoms with E-state index in [2.05, 4.69) is 46.6 Å². The first-order chi connectivity index (χ1) is 8.81. The fraction of sp³-hybridized carbons (Fsp3) is 0.462. The number of thiophene rings is 1. The van der Waals surface area contributed by atoms with Crippen molar-refractivity contribution in [2.45, 2.75) is 26.9 Å². The van der Waals surface area contributed by atoms with Gasteiger partial charge < -0.3 is 5.32 Å². The molecule has 2 rings (SSSR count). The average Bonchev–Trinajstić information content (AvgIpc) is 3.01. The zero-order valence-electron chi connectivity index (χ0n) is 10.8. The molecule has 0 atom stereocenters. The van der Waals surface area contributed by atoms with E-state index in [4.69, 9.17) is 0 Å². The third kappa shape index (κ3) is 3.80. The van der Waals surface area contributed by atoms with Gasteiger partial charge in [0.1, 0.15) is 0 Å². The fourth-order valence-corrected chi connectivity index (χ4v) is 3.41. The molecule has 0 bridgehead atoms. The highest BCUT2D eigenvalue weighted by Crippen LogP contribution is 2.21. The molecule has 2 aromatic rings. The van der Waals surface area contributed by atoms with Gasteiger partial charge in [-0.1, -0.05) is 13.0 Å². The molecule has 0 fully saturated rings. The lowest BCUT2D eigenvalue weighted by molar-refractivity contribution is 0.276. The van der Waals surface area contributed by atoms with Crippen molar-refractivity contribution < 1.29 is 0 Å². The zero-order chi connectivity index (χ0) is 12.8. The van der Waals surface area contributed by atoms with E-state index in [-0.39, 0.29) is 0 Å². The molecule has 98 valence electrons. The Bertz CT molecular complexity index is 451. The van der Waals surface area contributed by atoms with Gasteiger partial charge in [0.2, 0.25) is 0 Å². The van der Waals surface area contributed by atoms with Crippen molar-refractivity contribution >= 4 is 27.8 Å². The van der Waals surface area contributed by atoms with Crippen LogP contribution >= 0.6 is 22.7 Å². The summed E-state index contributed by atoms with van der Waals surface area (Å²) in [4.78, 5) is 9.56. The molecule has 0 saturated heterocycles. The van der Waals surface area contributed by atoms with E-state index in [0.29, 0.717) is 0 Å². The van der Waals surface area contributed by atoms with Crippen molar-refractivity contribution in [1.29, 1.82) is 0 Å². The number of aromatic nitrogens is 1. The van der Waals surface area contributed by atoms with Gasteiger partial charge in [-0.25, -0.2) is 4.98 Å². The van der Waals surface area contributed by atoms with E-state index < -0.39 is 0 Å². The fourth-order valence-electron chi connectivity index (χ4n) is 1.74. The van der Waals surface area contributed by atoms with Crippen molar-refractivity contribution in [2.24, 2.45) is 0 Å². The summed E-state index contributed by atoms with van der Waals surface area (Å²) in [7, 11) is 0. The van der Waals surface area contributed by atoms with Crippen LogP contribution in [-0.4, -0.2) is 23.0 Å². The number of hydrogen-bond donors (Lipinski definition) is 1. The largest absolute Gasteiger partial charge is 0.362 e. The highest BCUT2D eigenvalue weighted by molar-refractivity contribution is 7.15. The van der Waals surface area contributed by atoms with E-state index in [1.165, 1.54) is 9.75 Å². The number of rotatable bonds is 7. The van der Waals surface area contributed by atoms with Crippen LogP contribution in [0.2, 0.25) is 0 Å². The number of anilines is 1. The molecule has 0 aliphatic carbocycles. The van der Waals surface area contributed by atoms with Crippen LogP contribution in [0.4, 0.5) is 5.13 Å². The smallest absolute Gasteiger partial charge is 0.182 e. The van der Waals surface area contributed by atoms with Gasteiger partial charge in [0, 0.05) is 35.6 Å². The lowest BCUT2D eigenvalue weighted by Gasteiger charge is -2.18. The van der Waals surface area contributed by atoms with E-state index in [0.717, 1.165) is 31.3 Å². The standard InChI is InChI=1S/C13H19N3S2/c1-3-14-13-15-8-12(18-13)10-16(4-2)9-11-6-5-7-17-11/h5-8H,3-4,9-10H2,1-2H3,(H,14,15). The van der Waals surface area contributed by atoms with E-state index in [9.17, 15) is 0 Å². The summed E-state index contributed by atoms with van der Waals surface area (Å²) in [5.41, 5.74) is 0. The van der Waals surface area contributed by atoms with E-state index in [1.807, 2.05) is 17.5 Å². The topological polar surface area (TPSA) is 28.2 Å². The first-order valence-electron chi connectivity index (χ1n) is 6.25. The molecular weight excluding hydrogens is 262 g/mol. The molecule has 2 aromatic heterocycles. The van der Waals surface area contributed by atoms with Crippen LogP contribution < -0.4 is 5.32 Å². The molecule has 0 aliphatic rings. The Balaban J connectivity index is 1.92. The average molecular weight is 281 g/mol. The Morgan fingerprint density at radius 2 is 2.11 bits per heavy atom. The molecule has 0 spiro atoms. The lowest BCUT2D eigenvalue weighted by Crippen LogP contribution is -2.21. The molecule has 0 aromatic carbocycles. The molecule has 0 aliphatic heterocycles. The monoisotopic (exact) mass is 281 g/mol. The number of hydrogen-bond acceptors (Lipinski definition) is 5. The molecule has 0 radical (unpaired) electrons. The van der Waals surface area contributed by atoms with Crippen LogP contribution in [0, 0.1) is 0 Å². The van der Waals surface area contributed by atoms with Gasteiger partial charge in [-0.15, -0.1) is 22.7 Å². The summed E-state index contributed by atoms with van der Waals surface area (Å²) in [5, 5.41) is 6.42. The van der Waals surface area contributed by atoms with Gasteiger partial charge >= 0.3 is 0 Å². The Morgan fingerprint density at radius 3 is 2.78 bits per heavy atom. The maximum absolute atomic E-state index is 4.37. The molecule has 0 saturated carbocycles. The highest BCUT2D eigenvalue weighted by Gasteiger charge is 2.08. The molecule has 3 nitrogen and oxygen atoms in total. The second-order valence-corrected chi connectivity index (χ2v) is 6.19. The number of nitrogens with zero attached hydrogens (tertiary/aromatic N) is 2. The van der Waals surface area contributed by atoms with Crippen molar-refractivity contribution in [1.82, 2.24) is 9.88 Å². The summed E-state index contributed by atoms with van der Waals surface area (Å²) in [6.07, 6.45) is 1.99. The van der Waals surface area contributed by atoms with Crippen LogP contribution in [0.3, 0.4) is 0 Å². The van der Waals surface area contributed by atoms with E-state index in [1.54, 1.807) is 11.3 Å². The van der Waals surface area contributed by atoms with Gasteiger partial charge in [0.05, 0.1) is 0 Å². The summed E-state index contributed by atoms with van der Waals surface area (Å²) in [6.45, 7) is 8.31. The summed E-state index contributed by atoms with van der Waals surface area (Å²) >= 11 is 3.58. The van der Waals surface area contributed by atoms with E-state index >= 15 is 0 Å². The number of nitrogens with one attached hydrogen (secondary N) is 1. The Labute approximate surface area is 116 Å². The SMILES string of the molecule is CCNc1ncc(CN(CC)Cc2cccs2)s1. The van der Waals surface area contributed by atoms with Crippen molar-refractivity contribution in [2.75, 3.05) is 18.4 Å². The Hall–Kier alpha value is -0.910. The quantitative estimate of drug-likeness (QED) is 0.839. The normalized spacial score (nSPS) is 11.1. The highest BCUT2D eigenvalue weighted by atomic mass is 32.1. The van der Waals surface area contributed by atoms with Crippen LogP contribution in [0.1, 0.15) is 23.6 Å². The van der Waals surface area contributed by atoms with Gasteiger partial charge in [-0.3, -0.25) is 4.90 Å². The predicted octanol–water partition coefficient (Wildman–Crippen LogP) is 3.66. The first-order valence-corrected chi connectivity index (χ1v) is 7.94. The number of thiazole rings is 1. The van der Waals surface area contributed by atoms with Crippen molar-refractivity contribution in [3.8, 4) is 0 Å². The zero-order valence-corrected chi connectivity index (χ0v) is 12.5. The summed E-state index contributed by atoms with van der Waals surface area (Å²) in [5.74, 6) is 0. The molecule has 0 amide bonds. The molecule has 5 heteroatoms. The van der Waals surface area contributed by atoms with Crippen molar-refractivity contribution in [3.05, 3.63) is 33.5 Å². The molecule has 1 N–H and O–H groups in total. The van der Waals surface area contributed by atoms with Crippen LogP contribution in [0.25, 0.3) is 0 Å². The second kappa shape index (κ2) is 6.87. The lowest BCUT2D eigenvalue weighted by atomic mass is 10.4. The minimum atomic E-state index is 0.930. The maximum atomic E-state index is 4.37. The second-order valence-electron chi connectivity index (χ2n) is 4.04. The molecule has 0 unspecified atom stereocenters. The summed E-state index contributed by atoms with van der Waals surface area (Å²) in [6, 6.07) is 4.31. The van der Waals surface area contributed by atoms with Crippen LogP contribution in [0.15, 0.2) is 23.7 Å². The van der Waals surface area contributed by atoms with Gasteiger partial charge in [0.25, 0.3) is 0 Å². The minimum absolute atomic E-state index is 0.930. The minimum Gasteiger partial charge on any atom is -0.362 e. The third-order valence-electron chi connectivity index (χ3n) is 2.67. The first kappa shape index (κ1) is 13.5. The summed E-state index contributed by atoms with van der Waals surface area (Å²) < 4.78 is 0. The predicted molar refractivity (Wildman–Crippen MR) is 80.4 cm³/mol.